The predicted molar refractivity (Wildman–Crippen MR) is 214 cm³/mol. The quantitative estimate of drug-likeness (QED) is 0.116. The van der Waals surface area contributed by atoms with Crippen LogP contribution in [0.1, 0.15) is 83.6 Å². The average Bonchev–Trinajstić information content (AvgIpc) is 3.83. The largest absolute Gasteiger partial charge is 0.493 e. The average molecular weight is 776 g/mol. The van der Waals surface area contributed by atoms with Crippen LogP contribution in [0.5, 0.6) is 17.2 Å². The lowest BCUT2D eigenvalue weighted by atomic mass is 9.93. The first kappa shape index (κ1) is 39.1. The van der Waals surface area contributed by atoms with Gasteiger partial charge in [-0.3, -0.25) is 4.79 Å². The molecule has 2 atom stereocenters. The lowest BCUT2D eigenvalue weighted by Gasteiger charge is -2.28. The Morgan fingerprint density at radius 1 is 0.911 bits per heavy atom. The number of rotatable bonds is 15. The van der Waals surface area contributed by atoms with E-state index < -0.39 is 6.17 Å². The van der Waals surface area contributed by atoms with Crippen molar-refractivity contribution in [3.05, 3.63) is 111 Å². The molecule has 0 bridgehead atoms. The van der Waals surface area contributed by atoms with Gasteiger partial charge in [0, 0.05) is 56.8 Å². The summed E-state index contributed by atoms with van der Waals surface area (Å²) in [5.74, 6) is 2.01. The zero-order valence-corrected chi connectivity index (χ0v) is 32.5. The second-order valence-corrected chi connectivity index (χ2v) is 15.3. The minimum atomic E-state index is -0.661. The van der Waals surface area contributed by atoms with E-state index in [0.717, 1.165) is 78.9 Å². The standard InChI is InChI=1S/C45H47ClFN5O4/c1-29-36(5-3-8-41(29)54-18-4-15-52-16-13-34(47)14-17-52)37-6-2-7-39-38(37)10-11-42(39)56-44-23-43(55-28-32-20-30(24-48)19-31(21-32)25-49)33(22-40(44)46)26-50-27-35-9-12-45(53)51-35/h2-3,5-8,19-23,34-35,42,50H,4,9-18,26-28H2,1H3,(H,51,53)/t35-,42-/m0/s1. The Morgan fingerprint density at radius 3 is 2.43 bits per heavy atom. The van der Waals surface area contributed by atoms with E-state index in [1.165, 1.54) is 5.56 Å². The van der Waals surface area contributed by atoms with Crippen molar-refractivity contribution in [2.45, 2.75) is 83.3 Å². The molecule has 2 N–H and O–H groups in total. The van der Waals surface area contributed by atoms with Crippen molar-refractivity contribution in [3.8, 4) is 40.5 Å². The SMILES string of the molecule is Cc1c(OCCCN2CCC(F)CC2)cccc1-c1cccc2c1CC[C@@H]2Oc1cc(OCc2cc(C#N)cc(C#N)c2)c(CNC[C@@H]2CCC(=O)N2)cc1Cl. The highest BCUT2D eigenvalue weighted by Gasteiger charge is 2.29. The number of fused-ring (bicyclic) bond motifs is 1. The smallest absolute Gasteiger partial charge is 0.220 e. The normalized spacial score (nSPS) is 18.2. The van der Waals surface area contributed by atoms with Crippen LogP contribution in [0.4, 0.5) is 4.39 Å². The third-order valence-corrected chi connectivity index (χ3v) is 11.3. The van der Waals surface area contributed by atoms with Crippen LogP contribution in [0.25, 0.3) is 11.1 Å². The van der Waals surface area contributed by atoms with E-state index in [1.54, 1.807) is 18.2 Å². The molecule has 2 aliphatic heterocycles. The highest BCUT2D eigenvalue weighted by Crippen LogP contribution is 2.44. The molecule has 1 amide bonds. The summed E-state index contributed by atoms with van der Waals surface area (Å²) in [6.07, 6.45) is 4.19. The molecule has 0 radical (unpaired) electrons. The molecule has 290 valence electrons. The highest BCUT2D eigenvalue weighted by atomic mass is 35.5. The number of carbonyl (C=O) groups excluding carboxylic acids is 1. The Bertz CT molecular complexity index is 2110. The first-order valence-corrected chi connectivity index (χ1v) is 19.9. The van der Waals surface area contributed by atoms with Crippen LogP contribution in [0, 0.1) is 29.6 Å². The van der Waals surface area contributed by atoms with E-state index in [2.05, 4.69) is 58.9 Å². The summed E-state index contributed by atoms with van der Waals surface area (Å²) in [6.45, 7) is 6.45. The van der Waals surface area contributed by atoms with Crippen molar-refractivity contribution >= 4 is 17.5 Å². The minimum Gasteiger partial charge on any atom is -0.493 e. The zero-order chi connectivity index (χ0) is 39.0. The maximum Gasteiger partial charge on any atom is 0.220 e. The molecular formula is C45H47ClFN5O4. The van der Waals surface area contributed by atoms with Gasteiger partial charge in [0.1, 0.15) is 36.1 Å². The summed E-state index contributed by atoms with van der Waals surface area (Å²) in [5, 5.41) is 25.9. The summed E-state index contributed by atoms with van der Waals surface area (Å²) < 4.78 is 32.9. The molecule has 4 aromatic rings. The summed E-state index contributed by atoms with van der Waals surface area (Å²) in [4.78, 5) is 14.0. The minimum absolute atomic E-state index is 0.0646. The molecular weight excluding hydrogens is 729 g/mol. The molecule has 7 rings (SSSR count). The lowest BCUT2D eigenvalue weighted by Crippen LogP contribution is -2.35. The zero-order valence-electron chi connectivity index (χ0n) is 31.7. The number of ether oxygens (including phenoxy) is 3. The number of nitrogens with zero attached hydrogens (tertiary/aromatic N) is 3. The molecule has 11 heteroatoms. The summed E-state index contributed by atoms with van der Waals surface area (Å²) in [5.41, 5.74) is 8.04. The Labute approximate surface area is 333 Å². The number of piperidine rings is 1. The van der Waals surface area contributed by atoms with Gasteiger partial charge in [-0.25, -0.2) is 4.39 Å². The Kier molecular flexibility index (Phi) is 12.7. The van der Waals surface area contributed by atoms with E-state index >= 15 is 0 Å². The number of hydrogen-bond acceptors (Lipinski definition) is 8. The van der Waals surface area contributed by atoms with Crippen LogP contribution < -0.4 is 24.8 Å². The van der Waals surface area contributed by atoms with Gasteiger partial charge >= 0.3 is 0 Å². The van der Waals surface area contributed by atoms with Gasteiger partial charge in [-0.2, -0.15) is 10.5 Å². The van der Waals surface area contributed by atoms with E-state index in [9.17, 15) is 19.7 Å². The number of likely N-dealkylation sites (tertiary alicyclic amines) is 1. The number of halogens is 2. The molecule has 0 unspecified atom stereocenters. The number of alkyl halides is 1. The van der Waals surface area contributed by atoms with Crippen molar-refractivity contribution in [1.82, 2.24) is 15.5 Å². The summed E-state index contributed by atoms with van der Waals surface area (Å²) >= 11 is 6.93. The topological polar surface area (TPSA) is 120 Å². The Balaban J connectivity index is 1.07. The van der Waals surface area contributed by atoms with Crippen molar-refractivity contribution in [1.29, 1.82) is 10.5 Å². The molecule has 4 aromatic carbocycles. The second-order valence-electron chi connectivity index (χ2n) is 14.9. The van der Waals surface area contributed by atoms with Gasteiger partial charge in [-0.15, -0.1) is 0 Å². The van der Waals surface area contributed by atoms with Gasteiger partial charge in [0.25, 0.3) is 0 Å². The van der Waals surface area contributed by atoms with Crippen molar-refractivity contribution in [3.63, 3.8) is 0 Å². The molecule has 2 heterocycles. The molecule has 1 aliphatic carbocycles. The van der Waals surface area contributed by atoms with Crippen molar-refractivity contribution in [2.24, 2.45) is 0 Å². The molecule has 0 saturated carbocycles. The van der Waals surface area contributed by atoms with Gasteiger partial charge in [0.15, 0.2) is 0 Å². The maximum absolute atomic E-state index is 13.5. The van der Waals surface area contributed by atoms with Gasteiger partial charge in [0.05, 0.1) is 34.9 Å². The Hall–Kier alpha value is -5.13. The summed E-state index contributed by atoms with van der Waals surface area (Å²) in [6, 6.07) is 25.5. The molecule has 0 spiro atoms. The molecule has 0 aromatic heterocycles. The number of carbonyl (C=O) groups is 1. The van der Waals surface area contributed by atoms with Crippen molar-refractivity contribution < 1.29 is 23.4 Å². The number of hydrogen-bond donors (Lipinski definition) is 2. The number of nitriles is 2. The molecule has 2 saturated heterocycles. The van der Waals surface area contributed by atoms with Gasteiger partial charge < -0.3 is 29.7 Å². The van der Waals surface area contributed by atoms with E-state index in [0.29, 0.717) is 72.2 Å². The van der Waals surface area contributed by atoms with E-state index in [4.69, 9.17) is 25.8 Å². The molecule has 3 aliphatic rings. The van der Waals surface area contributed by atoms with Crippen LogP contribution in [-0.2, 0) is 24.4 Å². The van der Waals surface area contributed by atoms with E-state index in [1.807, 2.05) is 24.3 Å². The fourth-order valence-electron chi connectivity index (χ4n) is 8.02. The van der Waals surface area contributed by atoms with Crippen molar-refractivity contribution in [2.75, 3.05) is 32.8 Å². The molecule has 2 fully saturated rings. The van der Waals surface area contributed by atoms with Crippen LogP contribution in [0.2, 0.25) is 5.02 Å². The van der Waals surface area contributed by atoms with Gasteiger partial charge in [0.2, 0.25) is 5.91 Å². The van der Waals surface area contributed by atoms with Crippen LogP contribution >= 0.6 is 11.6 Å². The van der Waals surface area contributed by atoms with Crippen LogP contribution in [0.15, 0.2) is 66.7 Å². The number of nitrogens with one attached hydrogen (secondary N) is 2. The van der Waals surface area contributed by atoms with Crippen LogP contribution in [0.3, 0.4) is 0 Å². The van der Waals surface area contributed by atoms with E-state index in [-0.39, 0.29) is 24.7 Å². The fourth-order valence-corrected chi connectivity index (χ4v) is 8.25. The number of amides is 1. The third-order valence-electron chi connectivity index (χ3n) is 11.0. The van der Waals surface area contributed by atoms with Gasteiger partial charge in [-0.1, -0.05) is 41.9 Å². The highest BCUT2D eigenvalue weighted by molar-refractivity contribution is 6.32. The third kappa shape index (κ3) is 9.45. The van der Waals surface area contributed by atoms with Gasteiger partial charge in [-0.05, 0) is 109 Å². The first-order valence-electron chi connectivity index (χ1n) is 19.5. The molecule has 9 nitrogen and oxygen atoms in total. The Morgan fingerprint density at radius 2 is 1.68 bits per heavy atom. The monoisotopic (exact) mass is 775 g/mol. The predicted octanol–water partition coefficient (Wildman–Crippen LogP) is 8.28. The first-order chi connectivity index (χ1) is 27.3. The molecule has 56 heavy (non-hydrogen) atoms. The lowest BCUT2D eigenvalue weighted by molar-refractivity contribution is -0.119. The second kappa shape index (κ2) is 18.2. The number of benzene rings is 4. The fraction of sp³-hybridized carbons (Fsp3) is 0.400. The van der Waals surface area contributed by atoms with Crippen LogP contribution in [-0.4, -0.2) is 55.8 Å². The summed E-state index contributed by atoms with van der Waals surface area (Å²) in [7, 11) is 0. The maximum atomic E-state index is 13.5.